The first-order valence-electron chi connectivity index (χ1n) is 4.98. The summed E-state index contributed by atoms with van der Waals surface area (Å²) in [5, 5.41) is 12.3. The SMILES string of the molecule is NC1CC1NC(=O)Cc1ccccc1O. The Morgan fingerprint density at radius 2 is 2.20 bits per heavy atom. The highest BCUT2D eigenvalue weighted by Crippen LogP contribution is 2.19. The van der Waals surface area contributed by atoms with Crippen LogP contribution in [0.25, 0.3) is 0 Å². The summed E-state index contributed by atoms with van der Waals surface area (Å²) in [6, 6.07) is 7.08. The van der Waals surface area contributed by atoms with E-state index in [0.717, 1.165) is 6.42 Å². The molecular weight excluding hydrogens is 192 g/mol. The van der Waals surface area contributed by atoms with Gasteiger partial charge in [0.1, 0.15) is 5.75 Å². The van der Waals surface area contributed by atoms with Crippen LogP contribution in [0.5, 0.6) is 5.75 Å². The van der Waals surface area contributed by atoms with E-state index in [1.807, 2.05) is 0 Å². The fourth-order valence-corrected chi connectivity index (χ4v) is 1.47. The van der Waals surface area contributed by atoms with Crippen LogP contribution >= 0.6 is 0 Å². The van der Waals surface area contributed by atoms with Gasteiger partial charge in [-0.15, -0.1) is 0 Å². The van der Waals surface area contributed by atoms with Crippen molar-refractivity contribution < 1.29 is 9.90 Å². The van der Waals surface area contributed by atoms with E-state index in [4.69, 9.17) is 5.73 Å². The van der Waals surface area contributed by atoms with Gasteiger partial charge in [0.05, 0.1) is 6.42 Å². The Hall–Kier alpha value is -1.55. The Morgan fingerprint density at radius 3 is 2.80 bits per heavy atom. The number of carbonyl (C=O) groups is 1. The molecule has 1 aliphatic carbocycles. The molecule has 4 heteroatoms. The van der Waals surface area contributed by atoms with Gasteiger partial charge < -0.3 is 16.2 Å². The van der Waals surface area contributed by atoms with Crippen molar-refractivity contribution in [2.24, 2.45) is 5.73 Å². The van der Waals surface area contributed by atoms with Gasteiger partial charge in [-0.25, -0.2) is 0 Å². The quantitative estimate of drug-likeness (QED) is 0.659. The highest BCUT2D eigenvalue weighted by molar-refractivity contribution is 5.80. The van der Waals surface area contributed by atoms with E-state index in [9.17, 15) is 9.90 Å². The molecule has 2 unspecified atom stereocenters. The van der Waals surface area contributed by atoms with Crippen molar-refractivity contribution in [1.29, 1.82) is 0 Å². The van der Waals surface area contributed by atoms with Gasteiger partial charge in [0.25, 0.3) is 0 Å². The Morgan fingerprint density at radius 1 is 1.53 bits per heavy atom. The number of nitrogens with one attached hydrogen (secondary N) is 1. The van der Waals surface area contributed by atoms with Gasteiger partial charge >= 0.3 is 0 Å². The standard InChI is InChI=1S/C11H14N2O2/c12-8-6-9(8)13-11(15)5-7-3-1-2-4-10(7)14/h1-4,8-9,14H,5-6,12H2,(H,13,15). The number of rotatable bonds is 3. The molecule has 1 aliphatic rings. The third kappa shape index (κ3) is 2.47. The summed E-state index contributed by atoms with van der Waals surface area (Å²) in [5.74, 6) is 0.0715. The van der Waals surface area contributed by atoms with Gasteiger partial charge in [-0.3, -0.25) is 4.79 Å². The highest BCUT2D eigenvalue weighted by atomic mass is 16.3. The second kappa shape index (κ2) is 3.90. The van der Waals surface area contributed by atoms with Crippen LogP contribution in [0.4, 0.5) is 0 Å². The maximum atomic E-state index is 11.5. The molecule has 0 aliphatic heterocycles. The van der Waals surface area contributed by atoms with Crippen LogP contribution in [-0.4, -0.2) is 23.1 Å². The maximum Gasteiger partial charge on any atom is 0.224 e. The summed E-state index contributed by atoms with van der Waals surface area (Å²) < 4.78 is 0. The summed E-state index contributed by atoms with van der Waals surface area (Å²) in [4.78, 5) is 11.5. The molecule has 15 heavy (non-hydrogen) atoms. The number of hydrogen-bond donors (Lipinski definition) is 3. The molecule has 1 saturated carbocycles. The van der Waals surface area contributed by atoms with Gasteiger partial charge in [-0.2, -0.15) is 0 Å². The highest BCUT2D eigenvalue weighted by Gasteiger charge is 2.34. The fraction of sp³-hybridized carbons (Fsp3) is 0.364. The van der Waals surface area contributed by atoms with Crippen molar-refractivity contribution in [3.63, 3.8) is 0 Å². The Bertz CT molecular complexity index is 379. The number of benzene rings is 1. The van der Waals surface area contributed by atoms with E-state index >= 15 is 0 Å². The number of amides is 1. The molecule has 1 aromatic carbocycles. The van der Waals surface area contributed by atoms with Gasteiger partial charge in [-0.05, 0) is 12.5 Å². The normalized spacial score (nSPS) is 23.5. The molecule has 1 amide bonds. The number of phenolic OH excluding ortho intramolecular Hbond substituents is 1. The lowest BCUT2D eigenvalue weighted by molar-refractivity contribution is -0.120. The first-order chi connectivity index (χ1) is 7.16. The lowest BCUT2D eigenvalue weighted by atomic mass is 10.1. The second-order valence-corrected chi connectivity index (χ2v) is 3.88. The Balaban J connectivity index is 1.91. The first-order valence-corrected chi connectivity index (χ1v) is 4.98. The minimum absolute atomic E-state index is 0.0885. The van der Waals surface area contributed by atoms with E-state index in [1.165, 1.54) is 0 Å². The van der Waals surface area contributed by atoms with E-state index in [1.54, 1.807) is 24.3 Å². The minimum Gasteiger partial charge on any atom is -0.508 e. The number of phenols is 1. The van der Waals surface area contributed by atoms with E-state index in [2.05, 4.69) is 5.32 Å². The van der Waals surface area contributed by atoms with E-state index in [-0.39, 0.29) is 30.2 Å². The molecule has 0 heterocycles. The molecule has 1 fully saturated rings. The van der Waals surface area contributed by atoms with Gasteiger partial charge in [0, 0.05) is 17.6 Å². The number of aromatic hydroxyl groups is 1. The predicted molar refractivity (Wildman–Crippen MR) is 56.3 cm³/mol. The molecule has 4 N–H and O–H groups in total. The van der Waals surface area contributed by atoms with Gasteiger partial charge in [0.15, 0.2) is 0 Å². The third-order valence-electron chi connectivity index (χ3n) is 2.53. The monoisotopic (exact) mass is 206 g/mol. The lowest BCUT2D eigenvalue weighted by Crippen LogP contribution is -2.30. The number of hydrogen-bond acceptors (Lipinski definition) is 3. The van der Waals surface area contributed by atoms with Crippen LogP contribution in [-0.2, 0) is 11.2 Å². The summed E-state index contributed by atoms with van der Waals surface area (Å²) in [6.07, 6.45) is 1.06. The number of carbonyl (C=O) groups excluding carboxylic acids is 1. The molecule has 0 radical (unpaired) electrons. The molecule has 4 nitrogen and oxygen atoms in total. The summed E-state index contributed by atoms with van der Waals surface area (Å²) in [7, 11) is 0. The topological polar surface area (TPSA) is 75.3 Å². The molecular formula is C11H14N2O2. The smallest absolute Gasteiger partial charge is 0.224 e. The zero-order chi connectivity index (χ0) is 10.8. The van der Waals surface area contributed by atoms with Crippen molar-refractivity contribution in [3.05, 3.63) is 29.8 Å². The fourth-order valence-electron chi connectivity index (χ4n) is 1.47. The molecule has 1 aromatic rings. The summed E-state index contributed by atoms with van der Waals surface area (Å²) in [6.45, 7) is 0. The second-order valence-electron chi connectivity index (χ2n) is 3.88. The molecule has 0 bridgehead atoms. The van der Waals surface area contributed by atoms with E-state index < -0.39 is 0 Å². The maximum absolute atomic E-state index is 11.5. The van der Waals surface area contributed by atoms with Gasteiger partial charge in [0.2, 0.25) is 5.91 Å². The average molecular weight is 206 g/mol. The van der Waals surface area contributed by atoms with Crippen molar-refractivity contribution in [3.8, 4) is 5.75 Å². The van der Waals surface area contributed by atoms with Gasteiger partial charge in [-0.1, -0.05) is 18.2 Å². The summed E-state index contributed by atoms with van der Waals surface area (Å²) >= 11 is 0. The van der Waals surface area contributed by atoms with Crippen LogP contribution in [0, 0.1) is 0 Å². The van der Waals surface area contributed by atoms with Crippen molar-refractivity contribution in [1.82, 2.24) is 5.32 Å². The van der Waals surface area contributed by atoms with Crippen molar-refractivity contribution in [2.75, 3.05) is 0 Å². The number of para-hydroxylation sites is 1. The van der Waals surface area contributed by atoms with Crippen molar-refractivity contribution >= 4 is 5.91 Å². The predicted octanol–water partition coefficient (Wildman–Crippen LogP) is 0.150. The first kappa shape index (κ1) is 9.98. The van der Waals surface area contributed by atoms with Crippen LogP contribution in [0.15, 0.2) is 24.3 Å². The molecule has 0 aromatic heterocycles. The summed E-state index contributed by atoms with van der Waals surface area (Å²) in [5.41, 5.74) is 6.22. The molecule has 0 saturated heterocycles. The molecule has 2 atom stereocenters. The number of nitrogens with two attached hydrogens (primary N) is 1. The lowest BCUT2D eigenvalue weighted by Gasteiger charge is -2.05. The van der Waals surface area contributed by atoms with Crippen LogP contribution in [0.1, 0.15) is 12.0 Å². The Labute approximate surface area is 88.1 Å². The minimum atomic E-state index is -0.0885. The molecule has 2 rings (SSSR count). The zero-order valence-corrected chi connectivity index (χ0v) is 8.31. The Kier molecular flexibility index (Phi) is 2.60. The third-order valence-corrected chi connectivity index (χ3v) is 2.53. The van der Waals surface area contributed by atoms with E-state index in [0.29, 0.717) is 5.56 Å². The van der Waals surface area contributed by atoms with Crippen LogP contribution in [0.3, 0.4) is 0 Å². The molecule has 0 spiro atoms. The average Bonchev–Trinajstić information content (AvgIpc) is 2.86. The largest absolute Gasteiger partial charge is 0.508 e. The van der Waals surface area contributed by atoms with Crippen LogP contribution in [0.2, 0.25) is 0 Å². The molecule has 80 valence electrons. The van der Waals surface area contributed by atoms with Crippen LogP contribution < -0.4 is 11.1 Å². The van der Waals surface area contributed by atoms with Crippen molar-refractivity contribution in [2.45, 2.75) is 24.9 Å². The zero-order valence-electron chi connectivity index (χ0n) is 8.31.